The lowest BCUT2D eigenvalue weighted by molar-refractivity contribution is -0.146. The number of guanidine groups is 1. The molecule has 2 aromatic rings. The molecule has 0 aromatic heterocycles. The molecule has 2 aromatic carbocycles. The summed E-state index contributed by atoms with van der Waals surface area (Å²) in [4.78, 5) is 30.2. The second-order valence-corrected chi connectivity index (χ2v) is 11.0. The number of fused-ring (bicyclic) bond motifs is 1. The number of nitrogens with zero attached hydrogens (tertiary/aromatic N) is 4. The average molecular weight is 562 g/mol. The van der Waals surface area contributed by atoms with Crippen molar-refractivity contribution in [1.29, 1.82) is 10.8 Å². The first-order chi connectivity index (χ1) is 18.5. The summed E-state index contributed by atoms with van der Waals surface area (Å²) in [5.41, 5.74) is 12.7. The SMILES string of the molecule is Cc1cc2cccc(S(=O)(=O)N[C@@H](CCCN=C(N)N)C(=O)N(CC(=O)O)CC3CCCO3)c2cc1C.N#N. The van der Waals surface area contributed by atoms with Crippen molar-refractivity contribution in [3.8, 4) is 0 Å². The number of carboxylic acids is 1. The fourth-order valence-electron chi connectivity index (χ4n) is 4.39. The Morgan fingerprint density at radius 3 is 2.54 bits per heavy atom. The molecule has 3 rings (SSSR count). The Balaban J connectivity index is 0.00000260. The highest BCUT2D eigenvalue weighted by Gasteiger charge is 2.32. The van der Waals surface area contributed by atoms with Crippen LogP contribution < -0.4 is 16.2 Å². The number of nitrogens with two attached hydrogens (primary N) is 2. The highest BCUT2D eigenvalue weighted by molar-refractivity contribution is 7.89. The van der Waals surface area contributed by atoms with Gasteiger partial charge in [0, 0.05) is 35.9 Å². The van der Waals surface area contributed by atoms with Gasteiger partial charge in [-0.05, 0) is 68.2 Å². The summed E-state index contributed by atoms with van der Waals surface area (Å²) >= 11 is 0. The van der Waals surface area contributed by atoms with Gasteiger partial charge in [-0.1, -0.05) is 18.2 Å². The maximum Gasteiger partial charge on any atom is 0.323 e. The summed E-state index contributed by atoms with van der Waals surface area (Å²) in [7, 11) is -4.16. The summed E-state index contributed by atoms with van der Waals surface area (Å²) < 4.78 is 35.3. The standard InChI is InChI=1S/C25H35N5O6S.N2/c1-16-12-18-6-3-9-22(20(18)13-17(16)2)37(34,35)29-21(8-4-10-28-25(26)27)24(33)30(15-23(31)32)14-19-7-5-11-36-19;1-2/h3,6,9,12-13,19,21,29H,4-5,7-8,10-11,14-15H2,1-2H3,(H,31,32)(H4,26,27,28);/t19?,21-;/m0./s1. The highest BCUT2D eigenvalue weighted by atomic mass is 32.2. The van der Waals surface area contributed by atoms with E-state index in [4.69, 9.17) is 27.0 Å². The molecule has 14 heteroatoms. The number of nitrogens with one attached hydrogen (secondary N) is 1. The van der Waals surface area contributed by atoms with Gasteiger partial charge in [0.15, 0.2) is 5.96 Å². The number of hydrogen-bond acceptors (Lipinski definition) is 8. The first kappa shape index (κ1) is 31.4. The van der Waals surface area contributed by atoms with E-state index in [2.05, 4.69) is 9.71 Å². The number of benzene rings is 2. The number of carbonyl (C=O) groups is 2. The number of hydrogen-bond donors (Lipinski definition) is 4. The topological polar surface area (TPSA) is 225 Å². The second-order valence-electron chi connectivity index (χ2n) is 9.28. The summed E-state index contributed by atoms with van der Waals surface area (Å²) in [5, 5.41) is 22.7. The van der Waals surface area contributed by atoms with Crippen molar-refractivity contribution < 1.29 is 27.9 Å². The number of carboxylic acid groups (broad SMARTS) is 1. The number of aryl methyl sites for hydroxylation is 2. The zero-order chi connectivity index (χ0) is 29.2. The number of sulfonamides is 1. The van der Waals surface area contributed by atoms with Crippen molar-refractivity contribution >= 4 is 38.6 Å². The smallest absolute Gasteiger partial charge is 0.323 e. The molecule has 212 valence electrons. The van der Waals surface area contributed by atoms with Crippen LogP contribution in [0, 0.1) is 24.6 Å². The Kier molecular flexibility index (Phi) is 11.6. The normalized spacial score (nSPS) is 15.6. The van der Waals surface area contributed by atoms with Crippen molar-refractivity contribution in [2.24, 2.45) is 16.5 Å². The Labute approximate surface area is 227 Å². The third kappa shape index (κ3) is 8.88. The van der Waals surface area contributed by atoms with E-state index in [9.17, 15) is 23.1 Å². The third-order valence-electron chi connectivity index (χ3n) is 6.37. The zero-order valence-electron chi connectivity index (χ0n) is 22.0. The van der Waals surface area contributed by atoms with E-state index in [1.807, 2.05) is 32.0 Å². The Morgan fingerprint density at radius 2 is 1.92 bits per heavy atom. The summed E-state index contributed by atoms with van der Waals surface area (Å²) in [5.74, 6) is -1.96. The number of carbonyl (C=O) groups excluding carboxylic acids is 1. The van der Waals surface area contributed by atoms with Crippen LogP contribution in [0.15, 0.2) is 40.2 Å². The monoisotopic (exact) mass is 561 g/mol. The van der Waals surface area contributed by atoms with E-state index in [1.54, 1.807) is 6.07 Å². The van der Waals surface area contributed by atoms with Gasteiger partial charge in [-0.3, -0.25) is 14.6 Å². The van der Waals surface area contributed by atoms with Gasteiger partial charge < -0.3 is 26.2 Å². The lowest BCUT2D eigenvalue weighted by Crippen LogP contribution is -2.51. The van der Waals surface area contributed by atoms with Crippen LogP contribution in [0.3, 0.4) is 0 Å². The van der Waals surface area contributed by atoms with E-state index >= 15 is 0 Å². The van der Waals surface area contributed by atoms with Gasteiger partial charge >= 0.3 is 5.97 Å². The molecule has 0 aliphatic carbocycles. The first-order valence-electron chi connectivity index (χ1n) is 12.4. The number of ether oxygens (including phenoxy) is 1. The van der Waals surface area contributed by atoms with Crippen LogP contribution in [0.1, 0.15) is 36.8 Å². The third-order valence-corrected chi connectivity index (χ3v) is 7.90. The Morgan fingerprint density at radius 1 is 1.23 bits per heavy atom. The molecule has 1 amide bonds. The maximum atomic E-state index is 13.6. The van der Waals surface area contributed by atoms with Gasteiger partial charge in [0.2, 0.25) is 15.9 Å². The molecule has 1 aliphatic heterocycles. The molecule has 2 atom stereocenters. The predicted octanol–water partition coefficient (Wildman–Crippen LogP) is 1.28. The molecule has 1 heterocycles. The van der Waals surface area contributed by atoms with Crippen LogP contribution in [0.25, 0.3) is 10.8 Å². The minimum absolute atomic E-state index is 0.0408. The number of aliphatic imine (C=N–C) groups is 1. The van der Waals surface area contributed by atoms with Gasteiger partial charge in [0.1, 0.15) is 12.6 Å². The molecule has 6 N–H and O–H groups in total. The molecule has 0 spiro atoms. The molecule has 0 radical (unpaired) electrons. The zero-order valence-corrected chi connectivity index (χ0v) is 22.9. The van der Waals surface area contributed by atoms with Gasteiger partial charge in [0.25, 0.3) is 0 Å². The van der Waals surface area contributed by atoms with Crippen LogP contribution in [0.2, 0.25) is 0 Å². The minimum Gasteiger partial charge on any atom is -0.480 e. The molecule has 1 fully saturated rings. The van der Waals surface area contributed by atoms with Crippen molar-refractivity contribution in [3.05, 3.63) is 41.5 Å². The van der Waals surface area contributed by atoms with Crippen molar-refractivity contribution in [2.75, 3.05) is 26.2 Å². The highest BCUT2D eigenvalue weighted by Crippen LogP contribution is 2.26. The van der Waals surface area contributed by atoms with Gasteiger partial charge in [-0.15, -0.1) is 0 Å². The molecule has 39 heavy (non-hydrogen) atoms. The van der Waals surface area contributed by atoms with E-state index in [0.29, 0.717) is 24.8 Å². The van der Waals surface area contributed by atoms with Crippen LogP contribution in [-0.4, -0.2) is 74.6 Å². The minimum atomic E-state index is -4.16. The molecular weight excluding hydrogens is 526 g/mol. The molecule has 0 saturated carbocycles. The maximum absolute atomic E-state index is 13.6. The average Bonchev–Trinajstić information content (AvgIpc) is 3.39. The number of amides is 1. The largest absolute Gasteiger partial charge is 0.480 e. The number of aliphatic carboxylic acids is 1. The summed E-state index contributed by atoms with van der Waals surface area (Å²) in [6.07, 6.45) is 1.57. The molecule has 1 unspecified atom stereocenters. The number of rotatable bonds is 12. The van der Waals surface area contributed by atoms with Crippen LogP contribution >= 0.6 is 0 Å². The van der Waals surface area contributed by atoms with Crippen LogP contribution in [0.5, 0.6) is 0 Å². The quantitative estimate of drug-likeness (QED) is 0.126. The van der Waals surface area contributed by atoms with E-state index in [-0.39, 0.29) is 36.5 Å². The van der Waals surface area contributed by atoms with Crippen molar-refractivity contribution in [2.45, 2.75) is 56.6 Å². The van der Waals surface area contributed by atoms with Gasteiger partial charge in [-0.2, -0.15) is 4.72 Å². The summed E-state index contributed by atoms with van der Waals surface area (Å²) in [6, 6.07) is 7.47. The second kappa shape index (κ2) is 14.4. The van der Waals surface area contributed by atoms with Gasteiger partial charge in [0.05, 0.1) is 11.0 Å². The fourth-order valence-corrected chi connectivity index (χ4v) is 5.83. The van der Waals surface area contributed by atoms with Crippen molar-refractivity contribution in [1.82, 2.24) is 9.62 Å². The van der Waals surface area contributed by atoms with Crippen LogP contribution in [-0.2, 0) is 24.3 Å². The Bertz CT molecular complexity index is 1320. The van der Waals surface area contributed by atoms with Crippen molar-refractivity contribution in [3.63, 3.8) is 0 Å². The van der Waals surface area contributed by atoms with E-state index < -0.39 is 34.5 Å². The first-order valence-corrected chi connectivity index (χ1v) is 13.9. The van der Waals surface area contributed by atoms with E-state index in [0.717, 1.165) is 27.8 Å². The lowest BCUT2D eigenvalue weighted by Gasteiger charge is -2.28. The van der Waals surface area contributed by atoms with E-state index in [1.165, 1.54) is 6.07 Å². The molecule has 0 bridgehead atoms. The molecule has 13 nitrogen and oxygen atoms in total. The predicted molar refractivity (Wildman–Crippen MR) is 144 cm³/mol. The van der Waals surface area contributed by atoms with Gasteiger partial charge in [-0.25, -0.2) is 8.42 Å². The Hall–Kier alpha value is -3.80. The lowest BCUT2D eigenvalue weighted by atomic mass is 10.0. The fraction of sp³-hybridized carbons (Fsp3) is 0.480. The molecular formula is C25H35N7O6S. The summed E-state index contributed by atoms with van der Waals surface area (Å²) in [6.45, 7) is 4.06. The van der Waals surface area contributed by atoms with Crippen LogP contribution in [0.4, 0.5) is 0 Å². The molecule has 1 saturated heterocycles. The molecule has 1 aliphatic rings.